The van der Waals surface area contributed by atoms with Crippen molar-refractivity contribution in [1.82, 2.24) is 4.90 Å². The number of aliphatic carboxylic acids is 1. The molecule has 0 bridgehead atoms. The maximum absolute atomic E-state index is 11.3. The van der Waals surface area contributed by atoms with Gasteiger partial charge in [0.25, 0.3) is 0 Å². The maximum Gasteiger partial charge on any atom is 0.326 e. The van der Waals surface area contributed by atoms with E-state index in [4.69, 9.17) is 4.74 Å². The Bertz CT molecular complexity index is 371. The van der Waals surface area contributed by atoms with Crippen LogP contribution in [0.5, 0.6) is 0 Å². The Morgan fingerprint density at radius 2 is 2.19 bits per heavy atom. The van der Waals surface area contributed by atoms with E-state index < -0.39 is 12.0 Å². The van der Waals surface area contributed by atoms with Crippen LogP contribution >= 0.6 is 11.3 Å². The van der Waals surface area contributed by atoms with Gasteiger partial charge in [-0.2, -0.15) is 0 Å². The number of thiophene rings is 1. The molecule has 0 saturated carbocycles. The van der Waals surface area contributed by atoms with Crippen molar-refractivity contribution in [2.75, 3.05) is 26.3 Å². The molecule has 0 aromatic carbocycles. The number of carboxylic acid groups (broad SMARTS) is 1. The highest BCUT2D eigenvalue weighted by atomic mass is 32.1. The molecule has 88 valence electrons. The third-order valence-electron chi connectivity index (χ3n) is 2.68. The van der Waals surface area contributed by atoms with Crippen molar-refractivity contribution in [3.63, 3.8) is 0 Å². The van der Waals surface area contributed by atoms with Gasteiger partial charge in [-0.3, -0.25) is 9.69 Å². The molecule has 1 aromatic heterocycles. The molecule has 1 saturated heterocycles. The molecule has 0 amide bonds. The summed E-state index contributed by atoms with van der Waals surface area (Å²) in [7, 11) is 0. The summed E-state index contributed by atoms with van der Waals surface area (Å²) in [4.78, 5) is 15.4. The minimum Gasteiger partial charge on any atom is -0.480 e. The number of hydrogen-bond acceptors (Lipinski definition) is 4. The quantitative estimate of drug-likeness (QED) is 0.871. The van der Waals surface area contributed by atoms with Gasteiger partial charge in [-0.1, -0.05) is 0 Å². The molecule has 5 heteroatoms. The first-order chi connectivity index (χ1) is 7.68. The fourth-order valence-electron chi connectivity index (χ4n) is 1.89. The number of carboxylic acids is 1. The molecule has 1 N–H and O–H groups in total. The highest BCUT2D eigenvalue weighted by molar-refractivity contribution is 7.12. The van der Waals surface area contributed by atoms with Gasteiger partial charge >= 0.3 is 5.97 Å². The Kier molecular flexibility index (Phi) is 3.58. The van der Waals surface area contributed by atoms with Gasteiger partial charge in [0.1, 0.15) is 6.04 Å². The maximum atomic E-state index is 11.3. The van der Waals surface area contributed by atoms with E-state index in [0.29, 0.717) is 26.3 Å². The van der Waals surface area contributed by atoms with Gasteiger partial charge in [0.05, 0.1) is 13.2 Å². The van der Waals surface area contributed by atoms with E-state index in [9.17, 15) is 9.90 Å². The smallest absolute Gasteiger partial charge is 0.326 e. The summed E-state index contributed by atoms with van der Waals surface area (Å²) >= 11 is 1.55. The van der Waals surface area contributed by atoms with Crippen LogP contribution in [0, 0.1) is 6.92 Å². The average molecular weight is 241 g/mol. The number of rotatable bonds is 3. The minimum absolute atomic E-state index is 0.511. The van der Waals surface area contributed by atoms with Crippen molar-refractivity contribution in [3.05, 3.63) is 21.9 Å². The largest absolute Gasteiger partial charge is 0.480 e. The molecular formula is C11H15NO3S. The zero-order chi connectivity index (χ0) is 11.5. The summed E-state index contributed by atoms with van der Waals surface area (Å²) in [6, 6.07) is 3.37. The van der Waals surface area contributed by atoms with E-state index >= 15 is 0 Å². The second-order valence-corrected chi connectivity index (χ2v) is 5.16. The topological polar surface area (TPSA) is 49.8 Å². The molecule has 1 aromatic rings. The molecule has 0 unspecified atom stereocenters. The summed E-state index contributed by atoms with van der Waals surface area (Å²) in [5, 5.41) is 9.31. The van der Waals surface area contributed by atoms with Crippen LogP contribution in [-0.4, -0.2) is 42.3 Å². The molecule has 16 heavy (non-hydrogen) atoms. The highest BCUT2D eigenvalue weighted by Gasteiger charge is 2.29. The Balaban J connectivity index is 2.19. The molecule has 1 aliphatic heterocycles. The highest BCUT2D eigenvalue weighted by Crippen LogP contribution is 2.28. The van der Waals surface area contributed by atoms with Crippen LogP contribution in [-0.2, 0) is 9.53 Å². The van der Waals surface area contributed by atoms with E-state index in [1.54, 1.807) is 11.3 Å². The number of hydrogen-bond donors (Lipinski definition) is 1. The van der Waals surface area contributed by atoms with E-state index in [1.807, 2.05) is 24.0 Å². The first kappa shape index (κ1) is 11.6. The van der Waals surface area contributed by atoms with Crippen LogP contribution in [0.4, 0.5) is 0 Å². The molecule has 1 fully saturated rings. The summed E-state index contributed by atoms with van der Waals surface area (Å²) in [6.07, 6.45) is 0. The molecule has 2 rings (SSSR count). The predicted molar refractivity (Wildman–Crippen MR) is 61.8 cm³/mol. The average Bonchev–Trinajstić information content (AvgIpc) is 2.66. The summed E-state index contributed by atoms with van der Waals surface area (Å²) in [6.45, 7) is 4.61. The second kappa shape index (κ2) is 4.95. The zero-order valence-corrected chi connectivity index (χ0v) is 10.00. The first-order valence-electron chi connectivity index (χ1n) is 5.29. The molecular weight excluding hydrogens is 226 g/mol. The number of morpholine rings is 1. The Morgan fingerprint density at radius 1 is 1.50 bits per heavy atom. The molecule has 2 heterocycles. The van der Waals surface area contributed by atoms with Gasteiger partial charge in [0.2, 0.25) is 0 Å². The fourth-order valence-corrected chi connectivity index (χ4v) is 2.90. The standard InChI is InChI=1S/C11H15NO3S/c1-8-2-3-9(16-8)10(11(13)14)12-4-6-15-7-5-12/h2-3,10H,4-7H2,1H3,(H,13,14)/t10-/m0/s1. The van der Waals surface area contributed by atoms with Crippen molar-refractivity contribution in [2.45, 2.75) is 13.0 Å². The SMILES string of the molecule is Cc1ccc([C@@H](C(=O)O)N2CCOCC2)s1. The lowest BCUT2D eigenvalue weighted by Crippen LogP contribution is -2.41. The molecule has 1 aliphatic rings. The normalized spacial score (nSPS) is 19.6. The van der Waals surface area contributed by atoms with Gasteiger partial charge in [0.15, 0.2) is 0 Å². The molecule has 0 aliphatic carbocycles. The van der Waals surface area contributed by atoms with Crippen LogP contribution < -0.4 is 0 Å². The van der Waals surface area contributed by atoms with Crippen molar-refractivity contribution in [2.24, 2.45) is 0 Å². The van der Waals surface area contributed by atoms with Gasteiger partial charge in [0, 0.05) is 22.8 Å². The van der Waals surface area contributed by atoms with Crippen molar-refractivity contribution in [1.29, 1.82) is 0 Å². The molecule has 4 nitrogen and oxygen atoms in total. The summed E-state index contributed by atoms with van der Waals surface area (Å²) < 4.78 is 5.24. The van der Waals surface area contributed by atoms with Crippen LogP contribution in [0.3, 0.4) is 0 Å². The minimum atomic E-state index is -0.774. The number of ether oxygens (including phenoxy) is 1. The van der Waals surface area contributed by atoms with Gasteiger partial charge in [-0.05, 0) is 19.1 Å². The zero-order valence-electron chi connectivity index (χ0n) is 9.18. The van der Waals surface area contributed by atoms with Crippen LogP contribution in [0.15, 0.2) is 12.1 Å². The monoisotopic (exact) mass is 241 g/mol. The van der Waals surface area contributed by atoms with Gasteiger partial charge in [-0.15, -0.1) is 11.3 Å². The van der Waals surface area contributed by atoms with E-state index in [2.05, 4.69) is 0 Å². The van der Waals surface area contributed by atoms with Crippen LogP contribution in [0.2, 0.25) is 0 Å². The Labute approximate surface area is 98.4 Å². The van der Waals surface area contributed by atoms with E-state index in [0.717, 1.165) is 9.75 Å². The Morgan fingerprint density at radius 3 is 2.69 bits per heavy atom. The predicted octanol–water partition coefficient (Wildman–Crippen LogP) is 1.51. The van der Waals surface area contributed by atoms with Crippen molar-refractivity contribution < 1.29 is 14.6 Å². The fraction of sp³-hybridized carbons (Fsp3) is 0.545. The third-order valence-corrected chi connectivity index (χ3v) is 3.73. The second-order valence-electron chi connectivity index (χ2n) is 3.84. The summed E-state index contributed by atoms with van der Waals surface area (Å²) in [5.41, 5.74) is 0. The van der Waals surface area contributed by atoms with Crippen LogP contribution in [0.25, 0.3) is 0 Å². The van der Waals surface area contributed by atoms with E-state index in [-0.39, 0.29) is 0 Å². The molecule has 0 spiro atoms. The van der Waals surface area contributed by atoms with Crippen LogP contribution in [0.1, 0.15) is 15.8 Å². The molecule has 1 atom stereocenters. The number of nitrogens with zero attached hydrogens (tertiary/aromatic N) is 1. The van der Waals surface area contributed by atoms with Crippen molar-refractivity contribution >= 4 is 17.3 Å². The van der Waals surface area contributed by atoms with Gasteiger partial charge < -0.3 is 9.84 Å². The third kappa shape index (κ3) is 2.42. The lowest BCUT2D eigenvalue weighted by Gasteiger charge is -2.31. The lowest BCUT2D eigenvalue weighted by molar-refractivity contribution is -0.145. The Hall–Kier alpha value is -0.910. The number of aryl methyl sites for hydroxylation is 1. The number of carbonyl (C=O) groups is 1. The summed E-state index contributed by atoms with van der Waals surface area (Å²) in [5.74, 6) is -0.774. The first-order valence-corrected chi connectivity index (χ1v) is 6.11. The lowest BCUT2D eigenvalue weighted by atomic mass is 10.2. The molecule has 0 radical (unpaired) electrons. The van der Waals surface area contributed by atoms with Gasteiger partial charge in [-0.25, -0.2) is 0 Å². The van der Waals surface area contributed by atoms with E-state index in [1.165, 1.54) is 0 Å². The van der Waals surface area contributed by atoms with Crippen molar-refractivity contribution in [3.8, 4) is 0 Å².